The Morgan fingerprint density at radius 2 is 1.14 bits per heavy atom. The van der Waals surface area contributed by atoms with Gasteiger partial charge in [-0.2, -0.15) is 0 Å². The molecule has 7 heteroatoms. The third kappa shape index (κ3) is 65.7. The van der Waals surface area contributed by atoms with Gasteiger partial charge in [-0.1, -0.05) is 0 Å². The second-order valence-corrected chi connectivity index (χ2v) is 1.22. The van der Waals surface area contributed by atoms with Crippen LogP contribution in [0.5, 0.6) is 0 Å². The molecule has 0 aliphatic carbocycles. The third-order valence-electron chi connectivity index (χ3n) is 0. The van der Waals surface area contributed by atoms with Crippen LogP contribution in [0.3, 0.4) is 0 Å². The first kappa shape index (κ1) is 16.1. The zero-order valence-corrected chi connectivity index (χ0v) is 9.79. The van der Waals surface area contributed by atoms with Gasteiger partial charge in [-0.3, -0.25) is 8.42 Å². The van der Waals surface area contributed by atoms with E-state index in [0.29, 0.717) is 0 Å². The second kappa shape index (κ2) is 6.30. The Labute approximate surface area is 97.2 Å². The van der Waals surface area contributed by atoms with Crippen molar-refractivity contribution in [1.82, 2.24) is 0 Å². The van der Waals surface area contributed by atoms with Crippen molar-refractivity contribution >= 4 is 59.3 Å². The van der Waals surface area contributed by atoms with Gasteiger partial charge in [0.2, 0.25) is 0 Å². The van der Waals surface area contributed by atoms with E-state index < -0.39 is 10.4 Å². The van der Waals surface area contributed by atoms with Gasteiger partial charge in [0.1, 0.15) is 0 Å². The van der Waals surface area contributed by atoms with Crippen LogP contribution < -0.4 is 0 Å². The maximum Gasteiger partial charge on any atom is 2.00 e. The van der Waals surface area contributed by atoms with Gasteiger partial charge in [0.15, 0.2) is 0 Å². The van der Waals surface area contributed by atoms with Crippen LogP contribution in [-0.4, -0.2) is 66.4 Å². The molecule has 7 heavy (non-hydrogen) atoms. The first-order chi connectivity index (χ1) is 2.00. The normalized spacial score (nSPS) is 8.29. The van der Waals surface area contributed by atoms with Crippen molar-refractivity contribution in [3.63, 3.8) is 0 Å². The molecule has 43 valence electrons. The van der Waals surface area contributed by atoms with Crippen LogP contribution in [0.2, 0.25) is 0 Å². The van der Waals surface area contributed by atoms with Crippen LogP contribution in [0, 0.1) is 0 Å². The molecule has 1 radical (unpaired) electrons. The number of rotatable bonds is 0. The average molecular weight is 341 g/mol. The monoisotopic (exact) mass is 341 g/mol. The Balaban J connectivity index is -0.0000000800. The molecule has 0 aromatic rings. The standard InChI is InChI=1S/Ag.Ba.H2O4S/c;;1-5(2,3)4/h;;(H2,1,2,3,4)/q;+2;/p-2. The summed E-state index contributed by atoms with van der Waals surface area (Å²) in [6, 6.07) is 0. The smallest absolute Gasteiger partial charge is 0.759 e. The molecule has 0 aliphatic heterocycles. The van der Waals surface area contributed by atoms with Crippen LogP contribution in [0.1, 0.15) is 0 Å². The minimum Gasteiger partial charge on any atom is -0.759 e. The van der Waals surface area contributed by atoms with Gasteiger partial charge in [-0.05, 0) is 0 Å². The molecule has 0 fully saturated rings. The van der Waals surface area contributed by atoms with Crippen molar-refractivity contribution in [3.8, 4) is 0 Å². The molecular formula is AgBaO4S. The van der Waals surface area contributed by atoms with Gasteiger partial charge in [-0.15, -0.1) is 0 Å². The molecule has 0 aliphatic rings. The molecular weight excluding hydrogens is 341 g/mol. The molecule has 0 spiro atoms. The topological polar surface area (TPSA) is 80.3 Å². The zero-order valence-electron chi connectivity index (χ0n) is 3.05. The van der Waals surface area contributed by atoms with E-state index in [9.17, 15) is 0 Å². The zero-order chi connectivity index (χ0) is 4.50. The molecule has 0 amide bonds. The van der Waals surface area contributed by atoms with Gasteiger partial charge < -0.3 is 9.11 Å². The van der Waals surface area contributed by atoms with Crippen molar-refractivity contribution in [2.45, 2.75) is 0 Å². The molecule has 0 N–H and O–H groups in total. The first-order valence-electron chi connectivity index (χ1n) is 0.667. The first-order valence-corrected chi connectivity index (χ1v) is 2.00. The summed E-state index contributed by atoms with van der Waals surface area (Å²) in [6.07, 6.45) is 0. The van der Waals surface area contributed by atoms with Gasteiger partial charge in [0, 0.05) is 32.8 Å². The van der Waals surface area contributed by atoms with Crippen LogP contribution >= 0.6 is 0 Å². The van der Waals surface area contributed by atoms with Crippen LogP contribution in [0.15, 0.2) is 0 Å². The molecule has 0 unspecified atom stereocenters. The van der Waals surface area contributed by atoms with E-state index >= 15 is 0 Å². The largest absolute Gasteiger partial charge is 2.00 e. The molecule has 0 rings (SSSR count). The predicted molar refractivity (Wildman–Crippen MR) is 16.2 cm³/mol. The van der Waals surface area contributed by atoms with E-state index in [1.807, 2.05) is 0 Å². The van der Waals surface area contributed by atoms with E-state index in [2.05, 4.69) is 0 Å². The fourth-order valence-corrected chi connectivity index (χ4v) is 0. The van der Waals surface area contributed by atoms with Gasteiger partial charge >= 0.3 is 48.9 Å². The Morgan fingerprint density at radius 1 is 1.14 bits per heavy atom. The van der Waals surface area contributed by atoms with Crippen LogP contribution in [0.25, 0.3) is 0 Å². The van der Waals surface area contributed by atoms with Gasteiger partial charge in [0.05, 0.1) is 0 Å². The summed E-state index contributed by atoms with van der Waals surface area (Å²) in [7, 11) is -5.17. The summed E-state index contributed by atoms with van der Waals surface area (Å²) in [6.45, 7) is 0. The minimum absolute atomic E-state index is 0. The summed E-state index contributed by atoms with van der Waals surface area (Å²) in [5.74, 6) is 0. The van der Waals surface area contributed by atoms with Crippen molar-refractivity contribution in [3.05, 3.63) is 0 Å². The minimum atomic E-state index is -5.17. The van der Waals surface area contributed by atoms with Crippen molar-refractivity contribution in [1.29, 1.82) is 0 Å². The summed E-state index contributed by atoms with van der Waals surface area (Å²) in [5, 5.41) is 0. The maximum atomic E-state index is 8.52. The second-order valence-electron chi connectivity index (χ2n) is 0.408. The van der Waals surface area contributed by atoms with E-state index in [4.69, 9.17) is 17.5 Å². The molecule has 0 atom stereocenters. The molecule has 0 aromatic carbocycles. The van der Waals surface area contributed by atoms with E-state index in [0.717, 1.165) is 0 Å². The number of hydrogen-bond donors (Lipinski definition) is 0. The van der Waals surface area contributed by atoms with Crippen molar-refractivity contribution in [2.24, 2.45) is 0 Å². The van der Waals surface area contributed by atoms with Crippen LogP contribution in [0.4, 0.5) is 0 Å². The fourth-order valence-electron chi connectivity index (χ4n) is 0. The Kier molecular flexibility index (Phi) is 14.5. The van der Waals surface area contributed by atoms with Crippen molar-refractivity contribution < 1.29 is 39.9 Å². The predicted octanol–water partition coefficient (Wildman–Crippen LogP) is -1.72. The summed E-state index contributed by atoms with van der Waals surface area (Å²) < 4.78 is 34.1. The number of hydrogen-bond acceptors (Lipinski definition) is 4. The van der Waals surface area contributed by atoms with Crippen molar-refractivity contribution in [2.75, 3.05) is 0 Å². The Morgan fingerprint density at radius 3 is 1.14 bits per heavy atom. The SMILES string of the molecule is O=S(=O)([O-])[O-].[Ag].[Ba+2]. The Hall–Kier alpha value is 2.18. The molecule has 0 heterocycles. The molecule has 0 saturated carbocycles. The molecule has 0 bridgehead atoms. The quantitative estimate of drug-likeness (QED) is 0.298. The summed E-state index contributed by atoms with van der Waals surface area (Å²) >= 11 is 0. The average Bonchev–Trinajstić information content (AvgIpc) is 0.722. The molecule has 4 nitrogen and oxygen atoms in total. The third-order valence-corrected chi connectivity index (χ3v) is 0. The van der Waals surface area contributed by atoms with E-state index in [1.165, 1.54) is 0 Å². The summed E-state index contributed by atoms with van der Waals surface area (Å²) in [4.78, 5) is 0. The molecule has 0 saturated heterocycles. The fraction of sp³-hybridized carbons (Fsp3) is 0. The van der Waals surface area contributed by atoms with E-state index in [1.54, 1.807) is 0 Å². The Bertz CT molecular complexity index is 94.9. The van der Waals surface area contributed by atoms with Gasteiger partial charge in [0.25, 0.3) is 0 Å². The van der Waals surface area contributed by atoms with Crippen LogP contribution in [-0.2, 0) is 32.8 Å². The molecule has 0 aromatic heterocycles. The van der Waals surface area contributed by atoms with E-state index in [-0.39, 0.29) is 71.3 Å². The van der Waals surface area contributed by atoms with Gasteiger partial charge in [-0.25, -0.2) is 0 Å². The maximum absolute atomic E-state index is 8.52. The summed E-state index contributed by atoms with van der Waals surface area (Å²) in [5.41, 5.74) is 0.